The second-order valence-electron chi connectivity index (χ2n) is 21.5. The Morgan fingerprint density at radius 3 is 2.26 bits per heavy atom. The molecule has 18 atom stereocenters. The standard InChI is InChI=1S/C51H86N6O12/c1-15-40-51(11,63)44(59)34(7)56(13)27-29(2)25-49(9,62)46(31(4)43(32(5)47(61)67-40)68-41-26-50(10,64-14)45(60)35(8)66-41)69-48-42(58)39(24-30(3)65-48)55(12)22-21-38-28-57(54-53-38)23-20-36-16-18-37(19-17-36)33(6)52/h16-19,28-32,34-35,39-46,48,52,58-60,62-63H,15,20-27H2,1-14H3/t29-,30-,31+,32-,34-,35+,39+,40-,41+,42-,43+,44-,45+,46-,48+,49-,50-,51-/m1/s1. The van der Waals surface area contributed by atoms with Crippen LogP contribution in [0, 0.1) is 23.2 Å². The van der Waals surface area contributed by atoms with Crippen LogP contribution in [0.25, 0.3) is 0 Å². The quantitative estimate of drug-likeness (QED) is 0.117. The zero-order valence-corrected chi connectivity index (χ0v) is 43.7. The summed E-state index contributed by atoms with van der Waals surface area (Å²) in [6.45, 7) is 21.0. The molecule has 392 valence electrons. The first-order chi connectivity index (χ1) is 32.2. The highest BCUT2D eigenvalue weighted by Crippen LogP contribution is 2.40. The zero-order valence-electron chi connectivity index (χ0n) is 43.7. The van der Waals surface area contributed by atoms with E-state index in [-0.39, 0.29) is 31.3 Å². The number of aromatic nitrogens is 3. The molecule has 3 saturated heterocycles. The number of nitrogens with one attached hydrogen (secondary N) is 1. The van der Waals surface area contributed by atoms with Crippen molar-refractivity contribution in [3.63, 3.8) is 0 Å². The summed E-state index contributed by atoms with van der Waals surface area (Å²) in [4.78, 5) is 18.5. The van der Waals surface area contributed by atoms with Crippen LogP contribution in [0.15, 0.2) is 30.5 Å². The molecule has 1 aromatic heterocycles. The molecule has 3 aliphatic heterocycles. The topological polar surface area (TPSA) is 235 Å². The van der Waals surface area contributed by atoms with E-state index in [2.05, 4.69) is 15.2 Å². The molecule has 3 fully saturated rings. The Hall–Kier alpha value is -2.98. The molecule has 2 aromatic rings. The van der Waals surface area contributed by atoms with Gasteiger partial charge in [0.05, 0.1) is 47.2 Å². The minimum atomic E-state index is -1.83. The van der Waals surface area contributed by atoms with E-state index in [0.717, 1.165) is 23.2 Å². The van der Waals surface area contributed by atoms with Gasteiger partial charge in [0, 0.05) is 69.5 Å². The maximum Gasteiger partial charge on any atom is 0.311 e. The molecule has 0 saturated carbocycles. The van der Waals surface area contributed by atoms with Gasteiger partial charge < -0.3 is 69.2 Å². The summed E-state index contributed by atoms with van der Waals surface area (Å²) in [6.07, 6.45) is -5.66. The summed E-state index contributed by atoms with van der Waals surface area (Å²) in [6, 6.07) is 7.01. The van der Waals surface area contributed by atoms with Crippen LogP contribution in [0.5, 0.6) is 0 Å². The van der Waals surface area contributed by atoms with E-state index in [1.54, 1.807) is 48.5 Å². The van der Waals surface area contributed by atoms with Crippen LogP contribution in [-0.2, 0) is 52.6 Å². The van der Waals surface area contributed by atoms with Crippen LogP contribution in [0.2, 0.25) is 0 Å². The minimum Gasteiger partial charge on any atom is -0.459 e. The normalized spacial score (nSPS) is 40.2. The molecule has 0 spiro atoms. The lowest BCUT2D eigenvalue weighted by atomic mass is 9.77. The number of esters is 1. The van der Waals surface area contributed by atoms with E-state index in [0.29, 0.717) is 38.2 Å². The molecule has 0 amide bonds. The van der Waals surface area contributed by atoms with Gasteiger partial charge in [-0.3, -0.25) is 9.48 Å². The number of methoxy groups -OCH3 is 1. The van der Waals surface area contributed by atoms with Crippen LogP contribution in [0.4, 0.5) is 0 Å². The molecule has 0 unspecified atom stereocenters. The molecule has 1 aromatic carbocycles. The first kappa shape index (κ1) is 56.9. The maximum absolute atomic E-state index is 14.5. The molecule has 0 radical (unpaired) electrons. The molecule has 18 heteroatoms. The molecule has 0 aliphatic carbocycles. The van der Waals surface area contributed by atoms with E-state index < -0.39 is 102 Å². The number of hydrogen-bond donors (Lipinski definition) is 6. The Morgan fingerprint density at radius 1 is 0.971 bits per heavy atom. The van der Waals surface area contributed by atoms with E-state index >= 15 is 0 Å². The summed E-state index contributed by atoms with van der Waals surface area (Å²) in [5.41, 5.74) is -1.13. The van der Waals surface area contributed by atoms with Crippen molar-refractivity contribution in [1.29, 1.82) is 5.41 Å². The minimum absolute atomic E-state index is 0.106. The smallest absolute Gasteiger partial charge is 0.311 e. The molecule has 5 rings (SSSR count). The Labute approximate surface area is 410 Å². The number of likely N-dealkylation sites (N-methyl/N-ethyl adjacent to an activating group) is 2. The number of aryl methyl sites for hydroxylation is 2. The van der Waals surface area contributed by atoms with Gasteiger partial charge in [-0.05, 0) is 112 Å². The maximum atomic E-state index is 14.5. The van der Waals surface area contributed by atoms with Crippen molar-refractivity contribution in [2.75, 3.05) is 34.3 Å². The third-order valence-corrected chi connectivity index (χ3v) is 15.4. The lowest BCUT2D eigenvalue weighted by Gasteiger charge is -2.49. The summed E-state index contributed by atoms with van der Waals surface area (Å²) in [5, 5.41) is 76.2. The number of carbonyl (C=O) groups excluding carboxylic acids is 1. The predicted molar refractivity (Wildman–Crippen MR) is 259 cm³/mol. The Balaban J connectivity index is 1.42. The van der Waals surface area contributed by atoms with Crippen LogP contribution in [0.1, 0.15) is 119 Å². The average Bonchev–Trinajstić information content (AvgIpc) is 3.76. The van der Waals surface area contributed by atoms with Crippen molar-refractivity contribution in [3.8, 4) is 0 Å². The highest BCUT2D eigenvalue weighted by molar-refractivity contribution is 5.96. The summed E-state index contributed by atoms with van der Waals surface area (Å²) < 4.78 is 40.1. The summed E-state index contributed by atoms with van der Waals surface area (Å²) >= 11 is 0. The van der Waals surface area contributed by atoms with Crippen molar-refractivity contribution < 1.29 is 58.7 Å². The van der Waals surface area contributed by atoms with E-state index in [1.165, 1.54) is 14.0 Å². The number of aliphatic hydroxyl groups excluding tert-OH is 3. The number of aliphatic hydroxyl groups is 5. The van der Waals surface area contributed by atoms with Crippen molar-refractivity contribution >= 4 is 11.7 Å². The Kier molecular flexibility index (Phi) is 19.6. The van der Waals surface area contributed by atoms with Crippen molar-refractivity contribution in [3.05, 3.63) is 47.3 Å². The van der Waals surface area contributed by atoms with Crippen molar-refractivity contribution in [1.82, 2.24) is 24.8 Å². The number of ether oxygens (including phenoxy) is 6. The van der Waals surface area contributed by atoms with Gasteiger partial charge >= 0.3 is 5.97 Å². The third kappa shape index (κ3) is 13.8. The molecule has 18 nitrogen and oxygen atoms in total. The van der Waals surface area contributed by atoms with Gasteiger partial charge in [0.25, 0.3) is 0 Å². The van der Waals surface area contributed by atoms with Gasteiger partial charge in [-0.15, -0.1) is 5.10 Å². The molecule has 6 N–H and O–H groups in total. The molecular formula is C51H86N6O12. The van der Waals surface area contributed by atoms with Crippen molar-refractivity contribution in [2.24, 2.45) is 17.8 Å². The Morgan fingerprint density at radius 2 is 1.64 bits per heavy atom. The number of rotatable bonds is 14. The van der Waals surface area contributed by atoms with Crippen LogP contribution in [0.3, 0.4) is 0 Å². The second-order valence-corrected chi connectivity index (χ2v) is 21.5. The van der Waals surface area contributed by atoms with Gasteiger partial charge in [-0.25, -0.2) is 0 Å². The van der Waals surface area contributed by atoms with Crippen LogP contribution >= 0.6 is 0 Å². The molecular weight excluding hydrogens is 889 g/mol. The van der Waals surface area contributed by atoms with Gasteiger partial charge in [-0.2, -0.15) is 0 Å². The lowest BCUT2D eigenvalue weighted by molar-refractivity contribution is -0.318. The first-order valence-electron chi connectivity index (χ1n) is 25.0. The van der Waals surface area contributed by atoms with Crippen LogP contribution in [-0.4, -0.2) is 187 Å². The summed E-state index contributed by atoms with van der Waals surface area (Å²) in [7, 11) is 5.29. The fourth-order valence-corrected chi connectivity index (χ4v) is 10.8. The number of nitrogens with zero attached hydrogens (tertiary/aromatic N) is 5. The summed E-state index contributed by atoms with van der Waals surface area (Å²) in [5.74, 6) is -2.75. The van der Waals surface area contributed by atoms with Gasteiger partial charge in [-0.1, -0.05) is 50.3 Å². The average molecular weight is 975 g/mol. The fraction of sp³-hybridized carbons (Fsp3) is 0.804. The Bertz CT molecular complexity index is 1950. The van der Waals surface area contributed by atoms with E-state index in [4.69, 9.17) is 33.8 Å². The highest BCUT2D eigenvalue weighted by atomic mass is 16.7. The van der Waals surface area contributed by atoms with Gasteiger partial charge in [0.15, 0.2) is 12.6 Å². The molecule has 69 heavy (non-hydrogen) atoms. The highest BCUT2D eigenvalue weighted by Gasteiger charge is 2.53. The second kappa shape index (κ2) is 23.7. The molecule has 0 bridgehead atoms. The molecule has 3 aliphatic rings. The third-order valence-electron chi connectivity index (χ3n) is 15.4. The van der Waals surface area contributed by atoms with E-state index in [9.17, 15) is 30.3 Å². The monoisotopic (exact) mass is 975 g/mol. The number of carbonyl (C=O) groups is 1. The number of hydrogen-bond acceptors (Lipinski definition) is 17. The fourth-order valence-electron chi connectivity index (χ4n) is 10.8. The van der Waals surface area contributed by atoms with Crippen molar-refractivity contribution in [2.45, 2.75) is 212 Å². The zero-order chi connectivity index (χ0) is 51.3. The first-order valence-corrected chi connectivity index (χ1v) is 25.0. The predicted octanol–water partition coefficient (Wildman–Crippen LogP) is 3.74. The molecule has 4 heterocycles. The van der Waals surface area contributed by atoms with Gasteiger partial charge in [0.2, 0.25) is 0 Å². The van der Waals surface area contributed by atoms with Crippen LogP contribution < -0.4 is 0 Å². The number of cyclic esters (lactones) is 1. The SMILES string of the molecule is CC[C@H]1OC(=O)[C@H](C)[C@@H](O[C@H]2C[C@@](C)(OC)[C@@H](O)[C@H](C)O2)[C@H](C)[C@@H](O[C@@H]2O[C@H](C)C[C@H](N(C)CCc3cn(CCc4ccc(C(C)=N)cc4)nn3)[C@H]2O)[C@](C)(O)C[C@@H](C)CN(C)[C@H](C)[C@@H](O)[C@]1(C)O. The number of benzene rings is 1. The van der Waals surface area contributed by atoms with E-state index in [1.807, 2.05) is 74.9 Å². The largest absolute Gasteiger partial charge is 0.459 e. The van der Waals surface area contributed by atoms with Gasteiger partial charge in [0.1, 0.15) is 30.0 Å². The lowest BCUT2D eigenvalue weighted by Crippen LogP contribution is -2.61.